The third-order valence-electron chi connectivity index (χ3n) is 38.3. The monoisotopic (exact) mass is 2090 g/mol. The standard InChI is InChI=1S/C11H20O2.3C10H19NO.C10H18O2.C10H20O.5C8H16.C7H15NO2S.C7H13NO2.2C7H14/c1-7(2)8-5-9-10(6-8)13-11(3,4)12-9;3*1-7(2)9-5-10(6-9)11(4)8(3)12;1-7(2)8-5-9-10(6-8)12-4-3-11-9;1-8(2)9-5-6-10(3,4)11-7-9;5*1-6(2)8-4-7(3)5-8;1-6(2)7-3-4-11(9,10)8-5-7;1-5(2)3-6-4-8-7(9)10-6;2*1-6(2)7-4-3-5-7/h7-10H,5-6H2,1-4H3;3*7,9-10H,5-6H2,1-4H3;7-10H,3-6H2,1-2H3;8-9H,5-7H2,1-4H3;5*6-8H,4-5H2,1-3H3;6-8H,3-5H2,1-2H3;5-6H,3-4H2,1-2H3,(H,8,9);2*6-7H,3-5H2,1-2H3/t8?,9-,10+;;;;;;;;;;;;;;. The van der Waals surface area contributed by atoms with E-state index in [1.54, 1.807) is 20.8 Å². The highest BCUT2D eigenvalue weighted by molar-refractivity contribution is 7.89. The van der Waals surface area contributed by atoms with Gasteiger partial charge < -0.3 is 48.4 Å². The second kappa shape index (κ2) is 68.2. The van der Waals surface area contributed by atoms with Crippen molar-refractivity contribution < 1.29 is 56.0 Å². The minimum Gasteiger partial charge on any atom is -0.444 e. The molecule has 0 spiro atoms. The maximum Gasteiger partial charge on any atom is 0.407 e. The summed E-state index contributed by atoms with van der Waals surface area (Å²) in [5.74, 6) is 31.1. The number of cyclic esters (lactones) is 1. The van der Waals surface area contributed by atoms with Gasteiger partial charge in [0.2, 0.25) is 27.7 Å². The number of nitrogens with one attached hydrogen (secondary N) is 2. The van der Waals surface area contributed by atoms with E-state index in [2.05, 4.69) is 266 Å². The molecule has 17 aliphatic rings. The van der Waals surface area contributed by atoms with Crippen LogP contribution in [0, 0.1) is 201 Å². The van der Waals surface area contributed by atoms with Crippen molar-refractivity contribution in [2.45, 2.75) is 543 Å². The number of amides is 4. The Balaban J connectivity index is 0.000000406. The average Bonchev–Trinajstić information content (AvgIpc) is 1.64. The van der Waals surface area contributed by atoms with Gasteiger partial charge in [-0.3, -0.25) is 14.4 Å². The van der Waals surface area contributed by atoms with Crippen LogP contribution in [0.1, 0.15) is 483 Å². The molecule has 147 heavy (non-hydrogen) atoms. The lowest BCUT2D eigenvalue weighted by atomic mass is 9.71. The van der Waals surface area contributed by atoms with Gasteiger partial charge in [0.1, 0.15) is 6.10 Å². The van der Waals surface area contributed by atoms with Crippen molar-refractivity contribution in [1.82, 2.24) is 24.7 Å². The SMILES string of the molecule is CC(=O)N(C)C1CC(C(C)C)C1.CC(=O)N(C)C1CC(C(C)C)C1.CC(=O)N(C)C1CC(C(C)C)C1.CC(C)C1CC2OCCOC2C1.CC(C)C1CCC(C)(C)OC1.CC(C)C1CCC1.CC(C)C1CCC1.CC(C)C1CCS(=O)(=O)NC1.CC(C)C1C[C@@H]2OC(C)(C)O[C@@H]2C1.CC(C)CC1CNC(=O)O1.CC1CC(C(C)C)C1.CC1CC(C(C)C)C1.CC1CC(C(C)C)C1.CC1CC(C(C)C)C1.CC1CC(C(C)C)C1. The summed E-state index contributed by atoms with van der Waals surface area (Å²) >= 11 is 0. The third kappa shape index (κ3) is 53.5. The van der Waals surface area contributed by atoms with Crippen LogP contribution in [0.25, 0.3) is 0 Å². The fraction of sp³-hybridized carbons (Fsp3) is 0.969. The van der Waals surface area contributed by atoms with Crippen molar-refractivity contribution in [3.8, 4) is 0 Å². The number of alkyl carbamates (subject to hydrolysis) is 1. The Labute approximate surface area is 913 Å². The van der Waals surface area contributed by atoms with Crippen molar-refractivity contribution in [3.05, 3.63) is 0 Å². The van der Waals surface area contributed by atoms with E-state index in [0.717, 1.165) is 216 Å². The first-order chi connectivity index (χ1) is 68.1. The highest BCUT2D eigenvalue weighted by Crippen LogP contribution is 2.47. The number of fused-ring (bicyclic) bond motifs is 2. The molecule has 0 aromatic rings. The highest BCUT2D eigenvalue weighted by Gasteiger charge is 2.49. The number of sulfonamides is 1. The molecule has 870 valence electrons. The first-order valence-corrected chi connectivity index (χ1v) is 63.6. The molecule has 12 saturated carbocycles. The Kier molecular flexibility index (Phi) is 64.3. The van der Waals surface area contributed by atoms with Crippen LogP contribution in [0.2, 0.25) is 0 Å². The largest absolute Gasteiger partial charge is 0.444 e. The maximum absolute atomic E-state index is 11.0. The Bertz CT molecular complexity index is 3280. The smallest absolute Gasteiger partial charge is 0.407 e. The molecule has 8 atom stereocenters. The van der Waals surface area contributed by atoms with Crippen molar-refractivity contribution in [1.29, 1.82) is 0 Å². The molecule has 12 aliphatic carbocycles. The zero-order valence-corrected chi connectivity index (χ0v) is 106. The van der Waals surface area contributed by atoms with Gasteiger partial charge in [-0.15, -0.1) is 0 Å². The molecular weight excluding hydrogens is 1840 g/mol. The van der Waals surface area contributed by atoms with Crippen LogP contribution in [-0.4, -0.2) is 167 Å². The van der Waals surface area contributed by atoms with E-state index in [0.29, 0.717) is 79.1 Å². The third-order valence-corrected chi connectivity index (χ3v) is 39.7. The molecule has 0 bridgehead atoms. The summed E-state index contributed by atoms with van der Waals surface area (Å²) in [5.41, 5.74) is 0.144. The van der Waals surface area contributed by atoms with Gasteiger partial charge in [-0.1, -0.05) is 281 Å². The van der Waals surface area contributed by atoms with Crippen molar-refractivity contribution >= 4 is 33.8 Å². The molecule has 6 unspecified atom stereocenters. The predicted molar refractivity (Wildman–Crippen MR) is 626 cm³/mol. The van der Waals surface area contributed by atoms with Crippen molar-refractivity contribution in [2.24, 2.45) is 201 Å². The summed E-state index contributed by atoms with van der Waals surface area (Å²) in [6.45, 7) is 97.3. The van der Waals surface area contributed by atoms with E-state index >= 15 is 0 Å². The molecule has 2 N–H and O–H groups in total. The number of hydrogen-bond acceptors (Lipinski definition) is 12. The fourth-order valence-electron chi connectivity index (χ4n) is 23.8. The van der Waals surface area contributed by atoms with Crippen LogP contribution in [-0.2, 0) is 52.8 Å². The van der Waals surface area contributed by atoms with E-state index in [1.807, 2.05) is 49.7 Å². The number of nitrogens with zero attached hydrogens (tertiary/aromatic N) is 3. The van der Waals surface area contributed by atoms with Gasteiger partial charge in [-0.05, 0) is 383 Å². The first kappa shape index (κ1) is 139. The van der Waals surface area contributed by atoms with Gasteiger partial charge in [0.05, 0.1) is 62.1 Å². The lowest BCUT2D eigenvalue weighted by Crippen LogP contribution is -2.46. The van der Waals surface area contributed by atoms with E-state index in [9.17, 15) is 27.6 Å². The summed E-state index contributed by atoms with van der Waals surface area (Å²) in [4.78, 5) is 49.1. The predicted octanol–water partition coefficient (Wildman–Crippen LogP) is 33.0. The second-order valence-electron chi connectivity index (χ2n) is 57.1. The van der Waals surface area contributed by atoms with Gasteiger partial charge in [0.25, 0.3) is 0 Å². The Morgan fingerprint density at radius 1 is 0.333 bits per heavy atom. The molecule has 0 radical (unpaired) electrons. The molecule has 17 rings (SSSR count). The molecule has 17 nitrogen and oxygen atoms in total. The Morgan fingerprint density at radius 2 is 0.585 bits per heavy atom. The normalized spacial score (nSPS) is 32.8. The lowest BCUT2D eigenvalue weighted by molar-refractivity contribution is -0.154. The number of hydrogen-bond donors (Lipinski definition) is 2. The van der Waals surface area contributed by atoms with Crippen LogP contribution in [0.3, 0.4) is 0 Å². The zero-order valence-electron chi connectivity index (χ0n) is 105. The molecule has 5 saturated heterocycles. The molecule has 0 aromatic heterocycles. The Hall–Kier alpha value is -2.61. The molecule has 18 heteroatoms. The van der Waals surface area contributed by atoms with E-state index in [1.165, 1.54) is 180 Å². The first-order valence-electron chi connectivity index (χ1n) is 62.0. The topological polar surface area (TPSA) is 192 Å². The Morgan fingerprint density at radius 3 is 0.762 bits per heavy atom. The van der Waals surface area contributed by atoms with Crippen LogP contribution in [0.15, 0.2) is 0 Å². The van der Waals surface area contributed by atoms with Crippen LogP contribution < -0.4 is 10.0 Å². The number of carbonyl (C=O) groups excluding carboxylic acids is 4. The summed E-state index contributed by atoms with van der Waals surface area (Å²) in [6.07, 6.45) is 41.5. The zero-order chi connectivity index (χ0) is 112. The minimum absolute atomic E-state index is 0.104. The fourth-order valence-corrected chi connectivity index (χ4v) is 25.0. The molecule has 0 aromatic carbocycles. The van der Waals surface area contributed by atoms with E-state index in [4.69, 9.17) is 28.4 Å². The van der Waals surface area contributed by atoms with Crippen molar-refractivity contribution in [3.63, 3.8) is 0 Å². The van der Waals surface area contributed by atoms with E-state index in [-0.39, 0.29) is 41.3 Å². The van der Waals surface area contributed by atoms with Gasteiger partial charge in [0, 0.05) is 66.6 Å². The molecular formula is C129H251N5O12S. The summed E-state index contributed by atoms with van der Waals surface area (Å²) < 4.78 is 58.0. The minimum atomic E-state index is -2.90. The van der Waals surface area contributed by atoms with E-state index < -0.39 is 10.0 Å². The summed E-state index contributed by atoms with van der Waals surface area (Å²) in [5, 5.41) is 2.61. The molecule has 5 aliphatic heterocycles. The quantitative estimate of drug-likeness (QED) is 0.125. The lowest BCUT2D eigenvalue weighted by Gasteiger charge is -2.42. The summed E-state index contributed by atoms with van der Waals surface area (Å²) in [7, 11) is 2.82. The highest BCUT2D eigenvalue weighted by atomic mass is 32.2. The molecule has 5 heterocycles. The van der Waals surface area contributed by atoms with Crippen molar-refractivity contribution in [2.75, 3.05) is 59.8 Å². The van der Waals surface area contributed by atoms with Crippen LogP contribution in [0.4, 0.5) is 4.79 Å². The number of rotatable bonds is 19. The second-order valence-corrected chi connectivity index (χ2v) is 59.1. The van der Waals surface area contributed by atoms with Gasteiger partial charge in [-0.25, -0.2) is 17.9 Å². The van der Waals surface area contributed by atoms with Crippen LogP contribution >= 0.6 is 0 Å². The molecule has 4 amide bonds. The van der Waals surface area contributed by atoms with Gasteiger partial charge in [-0.2, -0.15) is 0 Å². The summed E-state index contributed by atoms with van der Waals surface area (Å²) in [6, 6.07) is 1.57. The average molecular weight is 2100 g/mol. The number of carbonyl (C=O) groups is 4. The van der Waals surface area contributed by atoms with Gasteiger partial charge >= 0.3 is 6.09 Å². The maximum atomic E-state index is 11.0. The number of ether oxygens (including phenoxy) is 6. The van der Waals surface area contributed by atoms with Gasteiger partial charge in [0.15, 0.2) is 5.79 Å². The molecule has 17 fully saturated rings. The van der Waals surface area contributed by atoms with Crippen LogP contribution in [0.5, 0.6) is 0 Å².